The summed E-state index contributed by atoms with van der Waals surface area (Å²) in [6.07, 6.45) is 0.489. The molecule has 0 fully saturated rings. The van der Waals surface area contributed by atoms with Crippen molar-refractivity contribution >= 4 is 11.5 Å². The van der Waals surface area contributed by atoms with Crippen LogP contribution in [-0.4, -0.2) is 18.6 Å². The van der Waals surface area contributed by atoms with Gasteiger partial charge in [-0.1, -0.05) is 17.3 Å². The third kappa shape index (κ3) is 4.31. The lowest BCUT2D eigenvalue weighted by Crippen LogP contribution is -2.10. The highest BCUT2D eigenvalue weighted by Gasteiger charge is 2.05. The van der Waals surface area contributed by atoms with Crippen LogP contribution in [0, 0.1) is 0 Å². The molecule has 0 saturated heterocycles. The minimum Gasteiger partial charge on any atom is -0.399 e. The fourth-order valence-corrected chi connectivity index (χ4v) is 0.617. The van der Waals surface area contributed by atoms with Crippen LogP contribution >= 0.6 is 0 Å². The van der Waals surface area contributed by atoms with E-state index in [0.29, 0.717) is 12.1 Å². The number of oxime groups is 1. The molecule has 62 valence electrons. The lowest BCUT2D eigenvalue weighted by molar-refractivity contribution is -0.111. The maximum absolute atomic E-state index is 10.8. The molecule has 0 aliphatic carbocycles. The van der Waals surface area contributed by atoms with E-state index in [9.17, 15) is 4.79 Å². The van der Waals surface area contributed by atoms with Gasteiger partial charge < -0.3 is 4.84 Å². The van der Waals surface area contributed by atoms with E-state index in [1.54, 1.807) is 0 Å². The summed E-state index contributed by atoms with van der Waals surface area (Å²) in [5.74, 6) is -0.0742. The summed E-state index contributed by atoms with van der Waals surface area (Å²) < 4.78 is 0. The van der Waals surface area contributed by atoms with Crippen LogP contribution in [0.2, 0.25) is 0 Å². The summed E-state index contributed by atoms with van der Waals surface area (Å²) in [6.45, 7) is 6.97. The number of ketones is 1. The first kappa shape index (κ1) is 9.88. The zero-order valence-corrected chi connectivity index (χ0v) is 7.18. The highest BCUT2D eigenvalue weighted by atomic mass is 16.6. The maximum atomic E-state index is 10.8. The molecule has 0 spiro atoms. The van der Waals surface area contributed by atoms with Gasteiger partial charge in [-0.05, 0) is 6.92 Å². The van der Waals surface area contributed by atoms with Crippen molar-refractivity contribution < 1.29 is 9.63 Å². The maximum Gasteiger partial charge on any atom is 0.177 e. The molecule has 0 radical (unpaired) electrons. The zero-order valence-electron chi connectivity index (χ0n) is 7.18. The normalized spacial score (nSPS) is 11.0. The second kappa shape index (κ2) is 4.66. The molecule has 11 heavy (non-hydrogen) atoms. The van der Waals surface area contributed by atoms with Crippen LogP contribution in [0.1, 0.15) is 20.3 Å². The van der Waals surface area contributed by atoms with Gasteiger partial charge in [-0.25, -0.2) is 0 Å². The van der Waals surface area contributed by atoms with Gasteiger partial charge in [0.15, 0.2) is 5.78 Å². The summed E-state index contributed by atoms with van der Waals surface area (Å²) in [4.78, 5) is 15.3. The second-order valence-corrected chi connectivity index (χ2v) is 2.41. The number of Topliss-reactive ketones (excluding diaryl/α,β-unsaturated/α-hetero) is 1. The first-order valence-electron chi connectivity index (χ1n) is 3.33. The molecule has 0 aliphatic rings. The predicted molar refractivity (Wildman–Crippen MR) is 44.6 cm³/mol. The third-order valence-electron chi connectivity index (χ3n) is 1.08. The van der Waals surface area contributed by atoms with Crippen molar-refractivity contribution in [2.75, 3.05) is 7.11 Å². The van der Waals surface area contributed by atoms with E-state index in [1.807, 2.05) is 6.92 Å². The summed E-state index contributed by atoms with van der Waals surface area (Å²) >= 11 is 0. The van der Waals surface area contributed by atoms with Crippen molar-refractivity contribution in [1.29, 1.82) is 0 Å². The molecule has 0 aromatic carbocycles. The Morgan fingerprint density at radius 2 is 2.09 bits per heavy atom. The summed E-state index contributed by atoms with van der Waals surface area (Å²) in [5, 5.41) is 3.57. The fraction of sp³-hybridized carbons (Fsp3) is 0.500. The number of hydrogen-bond acceptors (Lipinski definition) is 3. The summed E-state index contributed by atoms with van der Waals surface area (Å²) in [7, 11) is 1.42. The number of carbonyl (C=O) groups is 1. The quantitative estimate of drug-likeness (QED) is 0.351. The minimum absolute atomic E-state index is 0.0742. The Kier molecular flexibility index (Phi) is 4.18. The van der Waals surface area contributed by atoms with Gasteiger partial charge in [-0.15, -0.1) is 0 Å². The summed E-state index contributed by atoms with van der Waals surface area (Å²) in [6, 6.07) is 0. The highest BCUT2D eigenvalue weighted by molar-refractivity contribution is 6.39. The highest BCUT2D eigenvalue weighted by Crippen LogP contribution is 1.99. The lowest BCUT2D eigenvalue weighted by atomic mass is 10.1. The molecule has 0 heterocycles. The molecule has 0 aliphatic heterocycles. The SMILES string of the molecule is C=C(C)CC(=NOC)C(C)=O. The lowest BCUT2D eigenvalue weighted by Gasteiger charge is -1.99. The van der Waals surface area contributed by atoms with Crippen LogP contribution in [0.15, 0.2) is 17.3 Å². The van der Waals surface area contributed by atoms with Crippen molar-refractivity contribution in [3.05, 3.63) is 12.2 Å². The number of carbonyl (C=O) groups excluding carboxylic acids is 1. The van der Waals surface area contributed by atoms with Gasteiger partial charge >= 0.3 is 0 Å². The number of allylic oxidation sites excluding steroid dienone is 1. The van der Waals surface area contributed by atoms with E-state index in [-0.39, 0.29) is 5.78 Å². The number of nitrogens with zero attached hydrogens (tertiary/aromatic N) is 1. The van der Waals surface area contributed by atoms with Crippen LogP contribution in [-0.2, 0) is 9.63 Å². The van der Waals surface area contributed by atoms with Crippen molar-refractivity contribution in [2.24, 2.45) is 5.16 Å². The molecule has 3 nitrogen and oxygen atoms in total. The molecule has 0 unspecified atom stereocenters. The van der Waals surface area contributed by atoms with E-state index < -0.39 is 0 Å². The van der Waals surface area contributed by atoms with Gasteiger partial charge in [0.2, 0.25) is 0 Å². The van der Waals surface area contributed by atoms with E-state index >= 15 is 0 Å². The molecule has 3 heteroatoms. The van der Waals surface area contributed by atoms with E-state index in [1.165, 1.54) is 14.0 Å². The predicted octanol–water partition coefficient (Wildman–Crippen LogP) is 1.54. The molecule has 0 aromatic rings. The molecule has 0 saturated carbocycles. The Labute approximate surface area is 66.7 Å². The fourth-order valence-electron chi connectivity index (χ4n) is 0.617. The minimum atomic E-state index is -0.0742. The van der Waals surface area contributed by atoms with Crippen LogP contribution in [0.3, 0.4) is 0 Å². The van der Waals surface area contributed by atoms with Gasteiger partial charge in [0.1, 0.15) is 12.8 Å². The standard InChI is InChI=1S/C8H13NO2/c1-6(2)5-8(7(3)10)9-11-4/h1,5H2,2-4H3. The van der Waals surface area contributed by atoms with Crippen LogP contribution in [0.5, 0.6) is 0 Å². The first-order valence-corrected chi connectivity index (χ1v) is 3.33. The Morgan fingerprint density at radius 3 is 2.36 bits per heavy atom. The van der Waals surface area contributed by atoms with Gasteiger partial charge in [-0.3, -0.25) is 4.79 Å². The average molecular weight is 155 g/mol. The largest absolute Gasteiger partial charge is 0.399 e. The zero-order chi connectivity index (χ0) is 8.85. The topological polar surface area (TPSA) is 38.7 Å². The average Bonchev–Trinajstić information content (AvgIpc) is 1.86. The van der Waals surface area contributed by atoms with Crippen LogP contribution in [0.4, 0.5) is 0 Å². The number of rotatable bonds is 4. The molecular formula is C8H13NO2. The monoisotopic (exact) mass is 155 g/mol. The molecule has 0 amide bonds. The van der Waals surface area contributed by atoms with Crippen molar-refractivity contribution in [1.82, 2.24) is 0 Å². The Bertz CT molecular complexity index is 194. The smallest absolute Gasteiger partial charge is 0.177 e. The molecule has 0 aromatic heterocycles. The first-order chi connectivity index (χ1) is 5.07. The molecule has 0 rings (SSSR count). The molecule has 0 N–H and O–H groups in total. The van der Waals surface area contributed by atoms with Crippen molar-refractivity contribution in [3.63, 3.8) is 0 Å². The summed E-state index contributed by atoms with van der Waals surface area (Å²) in [5.41, 5.74) is 1.32. The molecular weight excluding hydrogens is 142 g/mol. The van der Waals surface area contributed by atoms with Gasteiger partial charge in [-0.2, -0.15) is 0 Å². The number of hydrogen-bond donors (Lipinski definition) is 0. The third-order valence-corrected chi connectivity index (χ3v) is 1.08. The van der Waals surface area contributed by atoms with Gasteiger partial charge in [0.25, 0.3) is 0 Å². The Balaban J connectivity index is 4.23. The van der Waals surface area contributed by atoms with Crippen LogP contribution in [0.25, 0.3) is 0 Å². The van der Waals surface area contributed by atoms with Crippen LogP contribution < -0.4 is 0 Å². The van der Waals surface area contributed by atoms with Gasteiger partial charge in [0, 0.05) is 13.3 Å². The second-order valence-electron chi connectivity index (χ2n) is 2.41. The van der Waals surface area contributed by atoms with Crippen molar-refractivity contribution in [3.8, 4) is 0 Å². The van der Waals surface area contributed by atoms with E-state index in [4.69, 9.17) is 0 Å². The van der Waals surface area contributed by atoms with Crippen molar-refractivity contribution in [2.45, 2.75) is 20.3 Å². The van der Waals surface area contributed by atoms with Gasteiger partial charge in [0.05, 0.1) is 0 Å². The molecule has 0 bridgehead atoms. The van der Waals surface area contributed by atoms with E-state index in [0.717, 1.165) is 5.57 Å². The van der Waals surface area contributed by atoms with E-state index in [2.05, 4.69) is 16.6 Å². The Hall–Kier alpha value is -1.12. The Morgan fingerprint density at radius 1 is 1.55 bits per heavy atom. The molecule has 0 atom stereocenters.